The lowest BCUT2D eigenvalue weighted by Crippen LogP contribution is -2.64. The molecule has 1 aromatic heterocycles. The van der Waals surface area contributed by atoms with Crippen molar-refractivity contribution in [1.29, 1.82) is 0 Å². The van der Waals surface area contributed by atoms with E-state index in [9.17, 15) is 4.79 Å². The van der Waals surface area contributed by atoms with Gasteiger partial charge in [0.15, 0.2) is 0 Å². The first-order chi connectivity index (χ1) is 14.2. The van der Waals surface area contributed by atoms with Crippen LogP contribution < -0.4 is 15.5 Å². The lowest BCUT2D eigenvalue weighted by atomic mass is 9.67. The van der Waals surface area contributed by atoms with E-state index in [1.54, 1.807) is 0 Å². The molecule has 4 aliphatic rings. The zero-order valence-electron chi connectivity index (χ0n) is 17.6. The van der Waals surface area contributed by atoms with Crippen LogP contribution in [0.25, 0.3) is 0 Å². The number of carbonyl (C=O) groups is 1. The van der Waals surface area contributed by atoms with E-state index in [4.69, 9.17) is 0 Å². The van der Waals surface area contributed by atoms with Crippen molar-refractivity contribution >= 4 is 11.7 Å². The molecule has 29 heavy (non-hydrogen) atoms. The van der Waals surface area contributed by atoms with E-state index < -0.39 is 0 Å². The second kappa shape index (κ2) is 8.23. The van der Waals surface area contributed by atoms with E-state index in [1.807, 2.05) is 12.3 Å². The number of hydrogen-bond donors (Lipinski definition) is 2. The summed E-state index contributed by atoms with van der Waals surface area (Å²) in [4.78, 5) is 22.3. The third kappa shape index (κ3) is 3.89. The van der Waals surface area contributed by atoms with E-state index >= 15 is 0 Å². The summed E-state index contributed by atoms with van der Waals surface area (Å²) in [5, 5.41) is 7.09. The monoisotopic (exact) mass is 397 g/mol. The maximum absolute atomic E-state index is 12.6. The van der Waals surface area contributed by atoms with Crippen LogP contribution in [0.1, 0.15) is 37.7 Å². The lowest BCUT2D eigenvalue weighted by molar-refractivity contribution is -0.133. The number of nitrogens with one attached hydrogen (secondary N) is 2. The highest BCUT2D eigenvalue weighted by Gasteiger charge is 2.47. The van der Waals surface area contributed by atoms with Gasteiger partial charge in [0, 0.05) is 51.0 Å². The maximum Gasteiger partial charge on any atom is 0.224 e. The van der Waals surface area contributed by atoms with Crippen LogP contribution in [0.5, 0.6) is 0 Å². The highest BCUT2D eigenvalue weighted by Crippen LogP contribution is 2.39. The average molecular weight is 398 g/mol. The Morgan fingerprint density at radius 3 is 2.86 bits per heavy atom. The predicted molar refractivity (Wildman–Crippen MR) is 115 cm³/mol. The highest BCUT2D eigenvalue weighted by molar-refractivity contribution is 5.81. The summed E-state index contributed by atoms with van der Waals surface area (Å²) in [5.74, 6) is 3.01. The maximum atomic E-state index is 12.6. The number of aryl methyl sites for hydroxylation is 1. The van der Waals surface area contributed by atoms with Gasteiger partial charge in [-0.2, -0.15) is 0 Å². The van der Waals surface area contributed by atoms with Crippen molar-refractivity contribution in [1.82, 2.24) is 20.5 Å². The number of piperazine rings is 1. The summed E-state index contributed by atoms with van der Waals surface area (Å²) in [5.41, 5.74) is 1.27. The number of aromatic nitrogens is 1. The number of anilines is 1. The lowest BCUT2D eigenvalue weighted by Gasteiger charge is -2.50. The van der Waals surface area contributed by atoms with Gasteiger partial charge < -0.3 is 15.5 Å². The molecule has 2 N–H and O–H groups in total. The molecule has 5 unspecified atom stereocenters. The second-order valence-electron chi connectivity index (χ2n) is 9.62. The number of fused-ring (bicyclic) bond motifs is 3. The van der Waals surface area contributed by atoms with Crippen molar-refractivity contribution in [2.24, 2.45) is 17.8 Å². The van der Waals surface area contributed by atoms with Crippen LogP contribution in [-0.4, -0.2) is 67.1 Å². The number of rotatable bonds is 3. The molecular formula is C23H35N5O. The quantitative estimate of drug-likeness (QED) is 0.814. The fourth-order valence-electron chi connectivity index (χ4n) is 6.30. The standard InChI is InChI=1S/C23H35N5O/c1-16-4-2-9-25-22(16)28-12-10-27(11-13-28)15-17-6-7-18-20(14-17)26-23(29)19-5-3-8-24-21(18)19/h2,4,9,17-21,24H,3,5-8,10-15H2,1H3,(H,26,29). The first-order valence-electron chi connectivity index (χ1n) is 11.6. The number of pyridine rings is 1. The molecule has 0 aromatic carbocycles. The second-order valence-corrected chi connectivity index (χ2v) is 9.62. The molecule has 0 radical (unpaired) electrons. The molecular weight excluding hydrogens is 362 g/mol. The van der Waals surface area contributed by atoms with E-state index in [0.29, 0.717) is 29.8 Å². The highest BCUT2D eigenvalue weighted by atomic mass is 16.2. The van der Waals surface area contributed by atoms with Crippen molar-refractivity contribution in [2.45, 2.75) is 51.1 Å². The van der Waals surface area contributed by atoms with Gasteiger partial charge in [-0.3, -0.25) is 9.69 Å². The summed E-state index contributed by atoms with van der Waals surface area (Å²) in [6.45, 7) is 8.74. The summed E-state index contributed by atoms with van der Waals surface area (Å²) in [7, 11) is 0. The minimum Gasteiger partial charge on any atom is -0.354 e. The zero-order valence-corrected chi connectivity index (χ0v) is 17.6. The van der Waals surface area contributed by atoms with Crippen molar-refractivity contribution in [3.8, 4) is 0 Å². The average Bonchev–Trinajstić information content (AvgIpc) is 2.75. The molecule has 4 fully saturated rings. The Morgan fingerprint density at radius 1 is 1.17 bits per heavy atom. The molecule has 1 aliphatic carbocycles. The van der Waals surface area contributed by atoms with Gasteiger partial charge in [-0.15, -0.1) is 0 Å². The minimum atomic E-state index is 0.213. The first-order valence-corrected chi connectivity index (χ1v) is 11.6. The Bertz CT molecular complexity index is 732. The van der Waals surface area contributed by atoms with E-state index in [1.165, 1.54) is 24.9 Å². The van der Waals surface area contributed by atoms with Crippen molar-refractivity contribution < 1.29 is 4.79 Å². The molecule has 6 nitrogen and oxygen atoms in total. The van der Waals surface area contributed by atoms with Crippen LogP contribution in [-0.2, 0) is 4.79 Å². The van der Waals surface area contributed by atoms with Gasteiger partial charge in [0.1, 0.15) is 5.82 Å². The number of hydrogen-bond acceptors (Lipinski definition) is 5. The summed E-state index contributed by atoms with van der Waals surface area (Å²) >= 11 is 0. The molecule has 158 valence electrons. The van der Waals surface area contributed by atoms with Crippen LogP contribution in [0, 0.1) is 24.7 Å². The van der Waals surface area contributed by atoms with Gasteiger partial charge in [0.05, 0.1) is 5.92 Å². The molecule has 1 saturated carbocycles. The van der Waals surface area contributed by atoms with Crippen LogP contribution in [0.15, 0.2) is 18.3 Å². The van der Waals surface area contributed by atoms with E-state index in [0.717, 1.165) is 57.8 Å². The van der Waals surface area contributed by atoms with E-state index in [-0.39, 0.29) is 5.92 Å². The third-order valence-electron chi connectivity index (χ3n) is 7.81. The van der Waals surface area contributed by atoms with Crippen LogP contribution >= 0.6 is 0 Å². The van der Waals surface area contributed by atoms with Gasteiger partial charge in [-0.25, -0.2) is 4.98 Å². The number of nitrogens with zero attached hydrogens (tertiary/aromatic N) is 3. The fourth-order valence-corrected chi connectivity index (χ4v) is 6.30. The molecule has 6 heteroatoms. The molecule has 5 atom stereocenters. The van der Waals surface area contributed by atoms with Crippen molar-refractivity contribution in [2.75, 3.05) is 44.2 Å². The Kier molecular flexibility index (Phi) is 5.48. The Balaban J connectivity index is 1.14. The molecule has 5 rings (SSSR count). The van der Waals surface area contributed by atoms with Gasteiger partial charge in [-0.1, -0.05) is 6.07 Å². The molecule has 1 aromatic rings. The number of amides is 1. The Morgan fingerprint density at radius 2 is 2.03 bits per heavy atom. The zero-order chi connectivity index (χ0) is 19.8. The van der Waals surface area contributed by atoms with Crippen molar-refractivity contribution in [3.63, 3.8) is 0 Å². The Hall–Kier alpha value is -1.66. The molecule has 0 spiro atoms. The van der Waals surface area contributed by atoms with Gasteiger partial charge in [0.2, 0.25) is 5.91 Å². The van der Waals surface area contributed by atoms with Gasteiger partial charge in [0.25, 0.3) is 0 Å². The predicted octanol–water partition coefficient (Wildman–Crippen LogP) is 1.79. The molecule has 4 heterocycles. The Labute approximate surface area is 174 Å². The third-order valence-corrected chi connectivity index (χ3v) is 7.81. The van der Waals surface area contributed by atoms with Crippen molar-refractivity contribution in [3.05, 3.63) is 23.9 Å². The normalized spacial score (nSPS) is 35.6. The van der Waals surface area contributed by atoms with Gasteiger partial charge in [-0.05, 0) is 69.0 Å². The summed E-state index contributed by atoms with van der Waals surface area (Å²) in [6, 6.07) is 4.97. The van der Waals surface area contributed by atoms with Crippen LogP contribution in [0.4, 0.5) is 5.82 Å². The number of piperidine rings is 2. The fraction of sp³-hybridized carbons (Fsp3) is 0.739. The van der Waals surface area contributed by atoms with E-state index in [2.05, 4.69) is 38.4 Å². The van der Waals surface area contributed by atoms with Crippen LogP contribution in [0.3, 0.4) is 0 Å². The molecule has 3 aliphatic heterocycles. The number of carbonyl (C=O) groups excluding carboxylic acids is 1. The largest absolute Gasteiger partial charge is 0.354 e. The first kappa shape index (κ1) is 19.3. The van der Waals surface area contributed by atoms with Crippen LogP contribution in [0.2, 0.25) is 0 Å². The van der Waals surface area contributed by atoms with Gasteiger partial charge >= 0.3 is 0 Å². The topological polar surface area (TPSA) is 60.5 Å². The minimum absolute atomic E-state index is 0.213. The smallest absolute Gasteiger partial charge is 0.224 e. The summed E-state index contributed by atoms with van der Waals surface area (Å²) in [6.07, 6.45) is 7.82. The molecule has 3 saturated heterocycles. The SMILES string of the molecule is Cc1cccnc1N1CCN(CC2CCC3C(C2)NC(=O)C2CCCNC23)CC1. The molecule has 0 bridgehead atoms. The summed E-state index contributed by atoms with van der Waals surface area (Å²) < 4.78 is 0. The molecule has 1 amide bonds.